The molecule has 0 spiro atoms. The van der Waals surface area contributed by atoms with Crippen LogP contribution in [0, 0.1) is 0 Å². The maximum absolute atomic E-state index is 11.5. The number of aromatic nitrogens is 2. The highest BCUT2D eigenvalue weighted by Crippen LogP contribution is 2.05. The second-order valence-corrected chi connectivity index (χ2v) is 3.04. The van der Waals surface area contributed by atoms with Crippen LogP contribution in [0.4, 0.5) is 0 Å². The van der Waals surface area contributed by atoms with E-state index < -0.39 is 5.97 Å². The highest BCUT2D eigenvalue weighted by atomic mass is 16.4. The maximum atomic E-state index is 11.5. The van der Waals surface area contributed by atoms with Crippen molar-refractivity contribution >= 4 is 11.9 Å². The Labute approximate surface area is 80.7 Å². The van der Waals surface area contributed by atoms with Crippen LogP contribution >= 0.6 is 0 Å². The summed E-state index contributed by atoms with van der Waals surface area (Å²) in [6, 6.07) is 1.25. The van der Waals surface area contributed by atoms with Gasteiger partial charge in [0, 0.05) is 27.2 Å². The van der Waals surface area contributed by atoms with Gasteiger partial charge in [-0.05, 0) is 0 Å². The van der Waals surface area contributed by atoms with Crippen molar-refractivity contribution in [2.45, 2.75) is 0 Å². The van der Waals surface area contributed by atoms with Gasteiger partial charge in [0.1, 0.15) is 5.69 Å². The summed E-state index contributed by atoms with van der Waals surface area (Å²) in [4.78, 5) is 23.4. The number of carboxylic acid groups (broad SMARTS) is 1. The fraction of sp³-hybridized carbons (Fsp3) is 0.375. The van der Waals surface area contributed by atoms with Crippen LogP contribution in [0.2, 0.25) is 0 Å². The van der Waals surface area contributed by atoms with Crippen LogP contribution in [0.15, 0.2) is 6.07 Å². The minimum Gasteiger partial charge on any atom is -0.476 e. The zero-order chi connectivity index (χ0) is 10.9. The van der Waals surface area contributed by atoms with Crippen LogP contribution in [0.5, 0.6) is 0 Å². The Kier molecular flexibility index (Phi) is 2.55. The molecule has 0 saturated heterocycles. The summed E-state index contributed by atoms with van der Waals surface area (Å²) in [6.45, 7) is 0. The molecule has 0 atom stereocenters. The Balaban J connectivity index is 3.11. The number of aryl methyl sites for hydroxylation is 1. The van der Waals surface area contributed by atoms with Gasteiger partial charge >= 0.3 is 5.97 Å². The van der Waals surface area contributed by atoms with Crippen molar-refractivity contribution in [3.63, 3.8) is 0 Å². The highest BCUT2D eigenvalue weighted by Gasteiger charge is 2.17. The Morgan fingerprint density at radius 2 is 2.07 bits per heavy atom. The zero-order valence-corrected chi connectivity index (χ0v) is 8.18. The van der Waals surface area contributed by atoms with E-state index in [-0.39, 0.29) is 17.3 Å². The Bertz CT molecular complexity index is 381. The summed E-state index contributed by atoms with van der Waals surface area (Å²) in [5.74, 6) is -1.41. The minimum absolute atomic E-state index is 0.127. The lowest BCUT2D eigenvalue weighted by Crippen LogP contribution is -2.24. The van der Waals surface area contributed by atoms with E-state index in [2.05, 4.69) is 5.10 Å². The number of carbonyl (C=O) groups is 2. The summed E-state index contributed by atoms with van der Waals surface area (Å²) in [5.41, 5.74) is 0.130. The van der Waals surface area contributed by atoms with Gasteiger partial charge in [-0.15, -0.1) is 0 Å². The Morgan fingerprint density at radius 1 is 1.50 bits per heavy atom. The van der Waals surface area contributed by atoms with E-state index in [9.17, 15) is 9.59 Å². The van der Waals surface area contributed by atoms with E-state index in [4.69, 9.17) is 5.11 Å². The van der Waals surface area contributed by atoms with E-state index in [0.717, 1.165) is 0 Å². The molecule has 0 aliphatic carbocycles. The molecule has 1 amide bonds. The molecule has 0 unspecified atom stereocenters. The Morgan fingerprint density at radius 3 is 2.43 bits per heavy atom. The van der Waals surface area contributed by atoms with Crippen molar-refractivity contribution in [1.29, 1.82) is 0 Å². The summed E-state index contributed by atoms with van der Waals surface area (Å²) >= 11 is 0. The lowest BCUT2D eigenvalue weighted by Gasteiger charge is -2.09. The first-order chi connectivity index (χ1) is 6.43. The molecule has 0 saturated carbocycles. The first-order valence-electron chi connectivity index (χ1n) is 3.92. The minimum atomic E-state index is -1.14. The number of carboxylic acids is 1. The highest BCUT2D eigenvalue weighted by molar-refractivity contribution is 5.95. The van der Waals surface area contributed by atoms with Crippen LogP contribution in [0.3, 0.4) is 0 Å². The molecule has 0 bridgehead atoms. The second kappa shape index (κ2) is 3.49. The van der Waals surface area contributed by atoms with Crippen molar-refractivity contribution in [2.75, 3.05) is 14.1 Å². The summed E-state index contributed by atoms with van der Waals surface area (Å²) < 4.78 is 1.26. The molecule has 1 N–H and O–H groups in total. The van der Waals surface area contributed by atoms with Crippen molar-refractivity contribution in [3.8, 4) is 0 Å². The number of hydrogen-bond acceptors (Lipinski definition) is 3. The van der Waals surface area contributed by atoms with Gasteiger partial charge in [-0.25, -0.2) is 4.79 Å². The molecule has 1 aromatic heterocycles. The fourth-order valence-electron chi connectivity index (χ4n) is 1.00. The van der Waals surface area contributed by atoms with Crippen molar-refractivity contribution in [1.82, 2.24) is 14.7 Å². The average Bonchev–Trinajstić information content (AvgIpc) is 2.46. The molecular weight excluding hydrogens is 186 g/mol. The first-order valence-corrected chi connectivity index (χ1v) is 3.92. The van der Waals surface area contributed by atoms with E-state index >= 15 is 0 Å². The molecule has 6 heteroatoms. The third-order valence-corrected chi connectivity index (χ3v) is 1.72. The maximum Gasteiger partial charge on any atom is 0.356 e. The molecule has 1 heterocycles. The smallest absolute Gasteiger partial charge is 0.356 e. The van der Waals surface area contributed by atoms with Gasteiger partial charge in [-0.3, -0.25) is 9.48 Å². The molecule has 0 aromatic carbocycles. The first kappa shape index (κ1) is 10.2. The molecule has 0 radical (unpaired) electrons. The average molecular weight is 197 g/mol. The zero-order valence-electron chi connectivity index (χ0n) is 8.18. The fourth-order valence-corrected chi connectivity index (χ4v) is 1.00. The van der Waals surface area contributed by atoms with Crippen LogP contribution < -0.4 is 0 Å². The standard InChI is InChI=1S/C8H11N3O3/c1-10(2)7(12)6-4-5(8(13)14)9-11(6)3/h4H,1-3H3,(H,13,14). The van der Waals surface area contributed by atoms with E-state index in [1.54, 1.807) is 14.1 Å². The largest absolute Gasteiger partial charge is 0.476 e. The number of rotatable bonds is 2. The number of carbonyl (C=O) groups excluding carboxylic acids is 1. The van der Waals surface area contributed by atoms with Gasteiger partial charge in [-0.2, -0.15) is 5.10 Å². The molecule has 0 aliphatic rings. The molecule has 14 heavy (non-hydrogen) atoms. The van der Waals surface area contributed by atoms with Gasteiger partial charge in [0.15, 0.2) is 5.69 Å². The summed E-state index contributed by atoms with van der Waals surface area (Å²) in [5, 5.41) is 12.3. The van der Waals surface area contributed by atoms with Crippen LogP contribution in [-0.4, -0.2) is 45.8 Å². The quantitative estimate of drug-likeness (QED) is 0.713. The van der Waals surface area contributed by atoms with Gasteiger partial charge < -0.3 is 10.0 Å². The van der Waals surface area contributed by atoms with Crippen molar-refractivity contribution in [2.24, 2.45) is 7.05 Å². The normalized spacial score (nSPS) is 9.93. The van der Waals surface area contributed by atoms with Crippen LogP contribution in [-0.2, 0) is 7.05 Å². The van der Waals surface area contributed by atoms with Gasteiger partial charge in [0.2, 0.25) is 0 Å². The second-order valence-electron chi connectivity index (χ2n) is 3.04. The molecule has 1 aromatic rings. The monoisotopic (exact) mass is 197 g/mol. The van der Waals surface area contributed by atoms with Crippen molar-refractivity contribution in [3.05, 3.63) is 17.5 Å². The van der Waals surface area contributed by atoms with Gasteiger partial charge in [0.05, 0.1) is 0 Å². The molecule has 0 fully saturated rings. The van der Waals surface area contributed by atoms with Gasteiger partial charge in [0.25, 0.3) is 5.91 Å². The number of aromatic carboxylic acids is 1. The number of hydrogen-bond donors (Lipinski definition) is 1. The van der Waals surface area contributed by atoms with Crippen molar-refractivity contribution < 1.29 is 14.7 Å². The SMILES string of the molecule is CN(C)C(=O)c1cc(C(=O)O)nn1C. The number of amides is 1. The molecular formula is C8H11N3O3. The topological polar surface area (TPSA) is 75.4 Å². The summed E-state index contributed by atoms with van der Waals surface area (Å²) in [7, 11) is 4.72. The number of nitrogens with zero attached hydrogens (tertiary/aromatic N) is 3. The molecule has 6 nitrogen and oxygen atoms in total. The predicted octanol–water partition coefficient (Wildman–Crippen LogP) is -0.180. The van der Waals surface area contributed by atoms with Gasteiger partial charge in [-0.1, -0.05) is 0 Å². The lowest BCUT2D eigenvalue weighted by atomic mass is 10.3. The molecule has 1 rings (SSSR count). The predicted molar refractivity (Wildman–Crippen MR) is 48.2 cm³/mol. The van der Waals surface area contributed by atoms with Crippen LogP contribution in [0.25, 0.3) is 0 Å². The third-order valence-electron chi connectivity index (χ3n) is 1.72. The third kappa shape index (κ3) is 1.73. The van der Waals surface area contributed by atoms with E-state index in [1.807, 2.05) is 0 Å². The van der Waals surface area contributed by atoms with E-state index in [1.165, 1.54) is 22.7 Å². The van der Waals surface area contributed by atoms with E-state index in [0.29, 0.717) is 0 Å². The van der Waals surface area contributed by atoms with Crippen LogP contribution in [0.1, 0.15) is 21.0 Å². The summed E-state index contributed by atoms with van der Waals surface area (Å²) in [6.07, 6.45) is 0. The Hall–Kier alpha value is -1.85. The molecule has 0 aliphatic heterocycles. The lowest BCUT2D eigenvalue weighted by molar-refractivity contribution is 0.0689. The molecule has 76 valence electrons.